The van der Waals surface area contributed by atoms with Crippen LogP contribution in [0.25, 0.3) is 10.9 Å². The number of aromatic nitrogens is 3. The monoisotopic (exact) mass is 294 g/mol. The number of para-hydroxylation sites is 1. The van der Waals surface area contributed by atoms with Crippen LogP contribution >= 0.6 is 0 Å². The molecule has 22 heavy (non-hydrogen) atoms. The first-order valence-electron chi connectivity index (χ1n) is 7.61. The second kappa shape index (κ2) is 5.02. The summed E-state index contributed by atoms with van der Waals surface area (Å²) in [7, 11) is 0. The third-order valence-corrected chi connectivity index (χ3v) is 4.44. The van der Waals surface area contributed by atoms with Crippen LogP contribution in [-0.4, -0.2) is 26.9 Å². The van der Waals surface area contributed by atoms with Crippen LogP contribution in [0.2, 0.25) is 0 Å². The standard InChI is InChI=1S/C17H18N4O/c1-10-16(12-4-2-3-5-13(12)20-10)17(22)21-11-6-7-14-15(8-11)19-9-18-14/h2-5,9,11,20H,6-8H2,1H3,(H,18,19)(H,21,22). The Morgan fingerprint density at radius 3 is 3.14 bits per heavy atom. The Labute approximate surface area is 128 Å². The van der Waals surface area contributed by atoms with E-state index in [-0.39, 0.29) is 11.9 Å². The highest BCUT2D eigenvalue weighted by molar-refractivity contribution is 6.08. The summed E-state index contributed by atoms with van der Waals surface area (Å²) in [5.41, 5.74) is 4.95. The van der Waals surface area contributed by atoms with Gasteiger partial charge in [0.05, 0.1) is 17.6 Å². The minimum Gasteiger partial charge on any atom is -0.358 e. The van der Waals surface area contributed by atoms with Crippen molar-refractivity contribution in [1.82, 2.24) is 20.3 Å². The Kier molecular flexibility index (Phi) is 2.99. The van der Waals surface area contributed by atoms with E-state index >= 15 is 0 Å². The number of aryl methyl sites for hydroxylation is 2. The molecule has 2 heterocycles. The fourth-order valence-electron chi connectivity index (χ4n) is 3.35. The Bertz CT molecular complexity index is 845. The van der Waals surface area contributed by atoms with Gasteiger partial charge in [0, 0.05) is 34.8 Å². The Morgan fingerprint density at radius 1 is 1.36 bits per heavy atom. The summed E-state index contributed by atoms with van der Waals surface area (Å²) >= 11 is 0. The number of nitrogens with one attached hydrogen (secondary N) is 3. The summed E-state index contributed by atoms with van der Waals surface area (Å²) in [5, 5.41) is 4.16. The van der Waals surface area contributed by atoms with E-state index in [2.05, 4.69) is 20.3 Å². The highest BCUT2D eigenvalue weighted by Crippen LogP contribution is 2.23. The molecule has 0 saturated carbocycles. The summed E-state index contributed by atoms with van der Waals surface area (Å²) in [6.45, 7) is 1.95. The van der Waals surface area contributed by atoms with Crippen LogP contribution in [0, 0.1) is 6.92 Å². The molecule has 2 aromatic heterocycles. The number of H-pyrrole nitrogens is 2. The van der Waals surface area contributed by atoms with Crippen LogP contribution < -0.4 is 5.32 Å². The van der Waals surface area contributed by atoms with Crippen LogP contribution in [-0.2, 0) is 12.8 Å². The highest BCUT2D eigenvalue weighted by Gasteiger charge is 2.24. The van der Waals surface area contributed by atoms with Crippen molar-refractivity contribution in [1.29, 1.82) is 0 Å². The molecule has 1 aliphatic carbocycles. The molecule has 0 fully saturated rings. The van der Waals surface area contributed by atoms with Gasteiger partial charge in [-0.3, -0.25) is 4.79 Å². The fraction of sp³-hybridized carbons (Fsp3) is 0.294. The number of rotatable bonds is 2. The lowest BCUT2D eigenvalue weighted by Crippen LogP contribution is -2.39. The Morgan fingerprint density at radius 2 is 2.23 bits per heavy atom. The number of hydrogen-bond donors (Lipinski definition) is 3. The molecule has 0 bridgehead atoms. The van der Waals surface area contributed by atoms with Crippen LogP contribution in [0.5, 0.6) is 0 Å². The van der Waals surface area contributed by atoms with Crippen molar-refractivity contribution in [3.05, 3.63) is 53.2 Å². The summed E-state index contributed by atoms with van der Waals surface area (Å²) < 4.78 is 0. The molecule has 3 aromatic rings. The van der Waals surface area contributed by atoms with Crippen LogP contribution in [0.1, 0.15) is 33.9 Å². The van der Waals surface area contributed by atoms with E-state index in [1.54, 1.807) is 6.33 Å². The first-order chi connectivity index (χ1) is 10.7. The summed E-state index contributed by atoms with van der Waals surface area (Å²) in [6, 6.07) is 8.08. The first-order valence-corrected chi connectivity index (χ1v) is 7.61. The number of hydrogen-bond acceptors (Lipinski definition) is 2. The molecule has 112 valence electrons. The predicted octanol–water partition coefficient (Wildman–Crippen LogP) is 2.49. The average molecular weight is 294 g/mol. The number of benzene rings is 1. The van der Waals surface area contributed by atoms with Crippen molar-refractivity contribution >= 4 is 16.8 Å². The van der Waals surface area contributed by atoms with Crippen molar-refractivity contribution in [2.45, 2.75) is 32.2 Å². The van der Waals surface area contributed by atoms with Crippen molar-refractivity contribution in [3.8, 4) is 0 Å². The first kappa shape index (κ1) is 13.1. The second-order valence-electron chi connectivity index (χ2n) is 5.91. The molecule has 1 atom stereocenters. The van der Waals surface area contributed by atoms with Crippen molar-refractivity contribution in [2.75, 3.05) is 0 Å². The molecule has 3 N–H and O–H groups in total. The van der Waals surface area contributed by atoms with Gasteiger partial charge in [0.15, 0.2) is 0 Å². The maximum Gasteiger partial charge on any atom is 0.253 e. The maximum atomic E-state index is 12.7. The van der Waals surface area contributed by atoms with Gasteiger partial charge in [-0.15, -0.1) is 0 Å². The normalized spacial score (nSPS) is 17.4. The molecule has 1 aliphatic rings. The van der Waals surface area contributed by atoms with E-state index in [0.29, 0.717) is 0 Å². The predicted molar refractivity (Wildman–Crippen MR) is 84.9 cm³/mol. The van der Waals surface area contributed by atoms with E-state index in [1.807, 2.05) is 31.2 Å². The number of amides is 1. The Balaban J connectivity index is 1.58. The molecule has 4 rings (SSSR count). The number of imidazole rings is 1. The molecule has 1 amide bonds. The summed E-state index contributed by atoms with van der Waals surface area (Å²) in [5.74, 6) is 0.00270. The quantitative estimate of drug-likeness (QED) is 0.679. The Hall–Kier alpha value is -2.56. The van der Waals surface area contributed by atoms with E-state index in [4.69, 9.17) is 0 Å². The van der Waals surface area contributed by atoms with E-state index < -0.39 is 0 Å². The van der Waals surface area contributed by atoms with Gasteiger partial charge in [0.2, 0.25) is 0 Å². The highest BCUT2D eigenvalue weighted by atomic mass is 16.1. The third-order valence-electron chi connectivity index (χ3n) is 4.44. The van der Waals surface area contributed by atoms with Gasteiger partial charge in [-0.25, -0.2) is 4.98 Å². The van der Waals surface area contributed by atoms with Gasteiger partial charge < -0.3 is 15.3 Å². The largest absolute Gasteiger partial charge is 0.358 e. The summed E-state index contributed by atoms with van der Waals surface area (Å²) in [4.78, 5) is 23.5. The van der Waals surface area contributed by atoms with Gasteiger partial charge in [-0.05, 0) is 25.8 Å². The lowest BCUT2D eigenvalue weighted by Gasteiger charge is -2.22. The van der Waals surface area contributed by atoms with Crippen molar-refractivity contribution < 1.29 is 4.79 Å². The van der Waals surface area contributed by atoms with E-state index in [9.17, 15) is 4.79 Å². The number of aromatic amines is 2. The molecular weight excluding hydrogens is 276 g/mol. The molecule has 0 aliphatic heterocycles. The fourth-order valence-corrected chi connectivity index (χ4v) is 3.35. The smallest absolute Gasteiger partial charge is 0.253 e. The van der Waals surface area contributed by atoms with E-state index in [1.165, 1.54) is 0 Å². The van der Waals surface area contributed by atoms with Gasteiger partial charge in [0.1, 0.15) is 0 Å². The molecule has 0 saturated heterocycles. The number of carbonyl (C=O) groups is 1. The lowest BCUT2D eigenvalue weighted by atomic mass is 9.95. The average Bonchev–Trinajstić information content (AvgIpc) is 3.09. The zero-order valence-electron chi connectivity index (χ0n) is 12.4. The number of nitrogens with zero attached hydrogens (tertiary/aromatic N) is 1. The minimum absolute atomic E-state index is 0.00270. The lowest BCUT2D eigenvalue weighted by molar-refractivity contribution is 0.0934. The van der Waals surface area contributed by atoms with Crippen molar-refractivity contribution in [3.63, 3.8) is 0 Å². The van der Waals surface area contributed by atoms with E-state index in [0.717, 1.165) is 52.8 Å². The van der Waals surface area contributed by atoms with Gasteiger partial charge in [-0.2, -0.15) is 0 Å². The topological polar surface area (TPSA) is 73.6 Å². The zero-order valence-corrected chi connectivity index (χ0v) is 12.4. The molecule has 0 spiro atoms. The van der Waals surface area contributed by atoms with Gasteiger partial charge >= 0.3 is 0 Å². The molecule has 1 unspecified atom stereocenters. The van der Waals surface area contributed by atoms with Crippen LogP contribution in [0.4, 0.5) is 0 Å². The van der Waals surface area contributed by atoms with Gasteiger partial charge in [0.25, 0.3) is 5.91 Å². The molecule has 5 nitrogen and oxygen atoms in total. The molecule has 5 heteroatoms. The number of fused-ring (bicyclic) bond motifs is 2. The number of carbonyl (C=O) groups excluding carboxylic acids is 1. The zero-order chi connectivity index (χ0) is 15.1. The summed E-state index contributed by atoms with van der Waals surface area (Å²) in [6.07, 6.45) is 4.41. The van der Waals surface area contributed by atoms with Crippen LogP contribution in [0.3, 0.4) is 0 Å². The second-order valence-corrected chi connectivity index (χ2v) is 5.91. The molecule has 0 radical (unpaired) electrons. The minimum atomic E-state index is 0.00270. The SMILES string of the molecule is Cc1[nH]c2ccccc2c1C(=O)NC1CCc2nc[nH]c2C1. The molecule has 1 aromatic carbocycles. The maximum absolute atomic E-state index is 12.7. The third kappa shape index (κ3) is 2.09. The molecular formula is C17H18N4O. The van der Waals surface area contributed by atoms with Crippen LogP contribution in [0.15, 0.2) is 30.6 Å². The van der Waals surface area contributed by atoms with Gasteiger partial charge in [-0.1, -0.05) is 18.2 Å². The van der Waals surface area contributed by atoms with Crippen molar-refractivity contribution in [2.24, 2.45) is 0 Å².